The molecule has 1 fully saturated rings. The van der Waals surface area contributed by atoms with Crippen LogP contribution >= 0.6 is 0 Å². The maximum absolute atomic E-state index is 6.26. The third-order valence-electron chi connectivity index (χ3n) is 6.12. The fourth-order valence-electron chi connectivity index (χ4n) is 3.82. The van der Waals surface area contributed by atoms with Crippen molar-refractivity contribution in [1.29, 1.82) is 0 Å². The van der Waals surface area contributed by atoms with Gasteiger partial charge in [-0.1, -0.05) is 48.5 Å². The van der Waals surface area contributed by atoms with Gasteiger partial charge in [0.25, 0.3) is 0 Å². The average molecular weight is 355 g/mol. The van der Waals surface area contributed by atoms with E-state index in [4.69, 9.17) is 9.31 Å². The summed E-state index contributed by atoms with van der Waals surface area (Å²) in [5.41, 5.74) is 1.35. The molecule has 1 aliphatic rings. The molecule has 134 valence electrons. The molecule has 0 bridgehead atoms. The molecule has 1 saturated heterocycles. The molecule has 0 spiro atoms. The van der Waals surface area contributed by atoms with Crippen molar-refractivity contribution in [3.8, 4) is 0 Å². The lowest BCUT2D eigenvalue weighted by Crippen LogP contribution is -2.41. The van der Waals surface area contributed by atoms with Crippen LogP contribution < -0.4 is 5.46 Å². The predicted octanol–water partition coefficient (Wildman–Crippen LogP) is 4.84. The second kappa shape index (κ2) is 5.54. The normalized spacial score (nSPS) is 18.6. The average Bonchev–Trinajstić information content (AvgIpc) is 2.88. The maximum Gasteiger partial charge on any atom is 0.494 e. The minimum Gasteiger partial charge on any atom is -0.399 e. The molecular weight excluding hydrogens is 333 g/mol. The van der Waals surface area contributed by atoms with Gasteiger partial charge >= 0.3 is 7.12 Å². The molecule has 3 aromatic carbocycles. The lowest BCUT2D eigenvalue weighted by Gasteiger charge is -2.32. The molecule has 4 heteroatoms. The molecule has 0 atom stereocenters. The van der Waals surface area contributed by atoms with Gasteiger partial charge < -0.3 is 9.31 Å². The van der Waals surface area contributed by atoms with Gasteiger partial charge in [-0.2, -0.15) is 0 Å². The Hall–Kier alpha value is -2.43. The number of hydrogen-bond acceptors (Lipinski definition) is 3. The van der Waals surface area contributed by atoms with Crippen molar-refractivity contribution in [3.63, 3.8) is 0 Å². The Kier molecular flexibility index (Phi) is 3.43. The van der Waals surface area contributed by atoms with Gasteiger partial charge in [-0.05, 0) is 55.4 Å². The first kappa shape index (κ1) is 16.7. The van der Waals surface area contributed by atoms with Crippen LogP contribution in [0, 0.1) is 0 Å². The van der Waals surface area contributed by atoms with E-state index in [0.717, 1.165) is 16.4 Å². The Morgan fingerprint density at radius 1 is 0.778 bits per heavy atom. The summed E-state index contributed by atoms with van der Waals surface area (Å²) in [6, 6.07) is 19.1. The van der Waals surface area contributed by atoms with Crippen LogP contribution in [0.3, 0.4) is 0 Å². The second-order valence-electron chi connectivity index (χ2n) is 8.37. The Bertz CT molecular complexity index is 1180. The number of fused-ring (bicyclic) bond motifs is 5. The van der Waals surface area contributed by atoms with Crippen LogP contribution in [0.2, 0.25) is 0 Å². The summed E-state index contributed by atoms with van der Waals surface area (Å²) in [6.07, 6.45) is 1.95. The van der Waals surface area contributed by atoms with Crippen molar-refractivity contribution in [1.82, 2.24) is 4.98 Å². The Morgan fingerprint density at radius 3 is 2.26 bits per heavy atom. The van der Waals surface area contributed by atoms with Gasteiger partial charge in [0, 0.05) is 17.0 Å². The van der Waals surface area contributed by atoms with Crippen LogP contribution in [0.5, 0.6) is 0 Å². The van der Waals surface area contributed by atoms with Crippen LogP contribution in [0.25, 0.3) is 32.4 Å². The van der Waals surface area contributed by atoms with E-state index in [1.807, 2.05) is 6.20 Å². The largest absolute Gasteiger partial charge is 0.494 e. The van der Waals surface area contributed by atoms with Crippen molar-refractivity contribution in [2.45, 2.75) is 38.9 Å². The first-order valence-corrected chi connectivity index (χ1v) is 9.41. The van der Waals surface area contributed by atoms with Crippen LogP contribution in [0.15, 0.2) is 60.8 Å². The van der Waals surface area contributed by atoms with Crippen molar-refractivity contribution in [2.75, 3.05) is 0 Å². The third kappa shape index (κ3) is 2.48. The van der Waals surface area contributed by atoms with Crippen LogP contribution in [0.4, 0.5) is 0 Å². The Balaban J connectivity index is 1.76. The summed E-state index contributed by atoms with van der Waals surface area (Å²) < 4.78 is 12.5. The molecule has 0 N–H and O–H groups in total. The van der Waals surface area contributed by atoms with Crippen molar-refractivity contribution < 1.29 is 9.31 Å². The van der Waals surface area contributed by atoms with Gasteiger partial charge in [0.2, 0.25) is 0 Å². The van der Waals surface area contributed by atoms with Crippen molar-refractivity contribution in [3.05, 3.63) is 60.8 Å². The van der Waals surface area contributed by atoms with Crippen LogP contribution in [-0.2, 0) is 9.31 Å². The fraction of sp³-hybridized carbons (Fsp3) is 0.261. The molecule has 27 heavy (non-hydrogen) atoms. The second-order valence-corrected chi connectivity index (χ2v) is 8.37. The fourth-order valence-corrected chi connectivity index (χ4v) is 3.82. The molecular formula is C23H22BNO2. The summed E-state index contributed by atoms with van der Waals surface area (Å²) in [5.74, 6) is 0. The zero-order chi connectivity index (χ0) is 18.8. The molecule has 5 rings (SSSR count). The van der Waals surface area contributed by atoms with E-state index in [0.29, 0.717) is 0 Å². The van der Waals surface area contributed by atoms with E-state index < -0.39 is 0 Å². The summed E-state index contributed by atoms with van der Waals surface area (Å²) >= 11 is 0. The standard InChI is InChI=1S/C23H22BNO2/c1-22(2)23(3,4)27-24(26-22)17-11-9-15-10-12-20-21(19(15)13-17)18-8-6-5-7-16(18)14-25-20/h5-14H,1-4H3. The third-order valence-corrected chi connectivity index (χ3v) is 6.12. The minimum absolute atomic E-state index is 0.348. The molecule has 3 nitrogen and oxygen atoms in total. The molecule has 0 aliphatic carbocycles. The zero-order valence-electron chi connectivity index (χ0n) is 16.1. The highest BCUT2D eigenvalue weighted by Gasteiger charge is 2.51. The molecule has 0 saturated carbocycles. The molecule has 0 radical (unpaired) electrons. The predicted molar refractivity (Wildman–Crippen MR) is 112 cm³/mol. The number of aromatic nitrogens is 1. The highest BCUT2D eigenvalue weighted by atomic mass is 16.7. The molecule has 0 unspecified atom stereocenters. The Morgan fingerprint density at radius 2 is 1.48 bits per heavy atom. The SMILES string of the molecule is CC1(C)OB(c2ccc3ccc4ncc5ccccc5c4c3c2)OC1(C)C. The number of benzene rings is 3. The van der Waals surface area contributed by atoms with Gasteiger partial charge in [-0.3, -0.25) is 4.98 Å². The highest BCUT2D eigenvalue weighted by Crippen LogP contribution is 2.37. The molecule has 2 heterocycles. The van der Waals surface area contributed by atoms with E-state index in [1.54, 1.807) is 0 Å². The number of pyridine rings is 1. The number of nitrogens with zero attached hydrogens (tertiary/aromatic N) is 1. The first-order chi connectivity index (χ1) is 12.9. The van der Waals surface area contributed by atoms with Gasteiger partial charge in [0.15, 0.2) is 0 Å². The Labute approximate surface area is 159 Å². The zero-order valence-corrected chi connectivity index (χ0v) is 16.1. The molecule has 1 aliphatic heterocycles. The topological polar surface area (TPSA) is 31.4 Å². The van der Waals surface area contributed by atoms with Crippen LogP contribution in [-0.4, -0.2) is 23.3 Å². The molecule has 1 aromatic heterocycles. The van der Waals surface area contributed by atoms with E-state index >= 15 is 0 Å². The molecule has 4 aromatic rings. The monoisotopic (exact) mass is 355 g/mol. The van der Waals surface area contributed by atoms with E-state index in [1.165, 1.54) is 21.5 Å². The summed E-state index contributed by atoms with van der Waals surface area (Å²) in [4.78, 5) is 4.67. The molecule has 0 amide bonds. The maximum atomic E-state index is 6.26. The van der Waals surface area contributed by atoms with E-state index in [2.05, 4.69) is 87.3 Å². The quantitative estimate of drug-likeness (QED) is 0.362. The summed E-state index contributed by atoms with van der Waals surface area (Å²) in [7, 11) is -0.363. The minimum atomic E-state index is -0.363. The van der Waals surface area contributed by atoms with Gasteiger partial charge in [-0.15, -0.1) is 0 Å². The lowest BCUT2D eigenvalue weighted by molar-refractivity contribution is 0.00578. The van der Waals surface area contributed by atoms with Gasteiger partial charge in [-0.25, -0.2) is 0 Å². The van der Waals surface area contributed by atoms with Gasteiger partial charge in [0.1, 0.15) is 0 Å². The highest BCUT2D eigenvalue weighted by molar-refractivity contribution is 6.62. The summed E-state index contributed by atoms with van der Waals surface area (Å²) in [6.45, 7) is 8.34. The van der Waals surface area contributed by atoms with Crippen molar-refractivity contribution in [2.24, 2.45) is 0 Å². The van der Waals surface area contributed by atoms with E-state index in [-0.39, 0.29) is 18.3 Å². The first-order valence-electron chi connectivity index (χ1n) is 9.41. The summed E-state index contributed by atoms with van der Waals surface area (Å²) in [5, 5.41) is 5.94. The van der Waals surface area contributed by atoms with Gasteiger partial charge in [0.05, 0.1) is 16.7 Å². The van der Waals surface area contributed by atoms with Crippen molar-refractivity contribution >= 4 is 45.0 Å². The lowest BCUT2D eigenvalue weighted by atomic mass is 9.78. The smallest absolute Gasteiger partial charge is 0.399 e. The number of rotatable bonds is 1. The van der Waals surface area contributed by atoms with Crippen LogP contribution in [0.1, 0.15) is 27.7 Å². The van der Waals surface area contributed by atoms with E-state index in [9.17, 15) is 0 Å². The number of hydrogen-bond donors (Lipinski definition) is 0.